The first-order valence-corrected chi connectivity index (χ1v) is 9.04. The van der Waals surface area contributed by atoms with Gasteiger partial charge < -0.3 is 14.2 Å². The molecule has 0 saturated carbocycles. The third kappa shape index (κ3) is 5.41. The molecule has 0 radical (unpaired) electrons. The summed E-state index contributed by atoms with van der Waals surface area (Å²) in [7, 11) is 3.26. The van der Waals surface area contributed by atoms with Crippen LogP contribution in [0.5, 0.6) is 17.2 Å². The number of rotatable bonds is 8. The quantitative estimate of drug-likeness (QED) is 0.410. The van der Waals surface area contributed by atoms with Crippen LogP contribution in [0.1, 0.15) is 11.1 Å². The van der Waals surface area contributed by atoms with Crippen molar-refractivity contribution in [3.63, 3.8) is 0 Å². The van der Waals surface area contributed by atoms with Crippen molar-refractivity contribution in [1.82, 2.24) is 0 Å². The van der Waals surface area contributed by atoms with E-state index in [1.54, 1.807) is 26.5 Å². The number of hydrogen-bond donors (Lipinski definition) is 1. The highest BCUT2D eigenvalue weighted by Gasteiger charge is 2.06. The van der Waals surface area contributed by atoms with Gasteiger partial charge in [-0.15, -0.1) is 0 Å². The summed E-state index contributed by atoms with van der Waals surface area (Å²) in [5.74, 6) is 2.12. The fourth-order valence-electron chi connectivity index (χ4n) is 2.51. The highest BCUT2D eigenvalue weighted by Crippen LogP contribution is 2.28. The molecule has 0 bridgehead atoms. The molecule has 3 rings (SSSR count). The molecule has 28 heavy (non-hydrogen) atoms. The van der Waals surface area contributed by atoms with Crippen LogP contribution in [-0.2, 0) is 6.61 Å². The average molecular weight is 397 g/mol. The van der Waals surface area contributed by atoms with Crippen LogP contribution in [0.25, 0.3) is 0 Å². The third-order valence-corrected chi connectivity index (χ3v) is 4.21. The van der Waals surface area contributed by atoms with Gasteiger partial charge in [-0.3, -0.25) is 5.43 Å². The Hall–Kier alpha value is -3.18. The maximum atomic E-state index is 5.96. The van der Waals surface area contributed by atoms with E-state index in [1.165, 1.54) is 0 Å². The Balaban J connectivity index is 1.63. The van der Waals surface area contributed by atoms with Crippen molar-refractivity contribution in [2.24, 2.45) is 5.10 Å². The molecule has 0 unspecified atom stereocenters. The number of methoxy groups -OCH3 is 2. The smallest absolute Gasteiger partial charge is 0.161 e. The van der Waals surface area contributed by atoms with Gasteiger partial charge in [-0.05, 0) is 59.7 Å². The summed E-state index contributed by atoms with van der Waals surface area (Å²) in [4.78, 5) is 0. The fraction of sp³-hybridized carbons (Fsp3) is 0.136. The van der Waals surface area contributed by atoms with E-state index in [4.69, 9.17) is 25.8 Å². The Morgan fingerprint density at radius 1 is 0.929 bits per heavy atom. The van der Waals surface area contributed by atoms with E-state index in [1.807, 2.05) is 60.7 Å². The molecule has 0 aliphatic heterocycles. The van der Waals surface area contributed by atoms with Crippen molar-refractivity contribution in [2.75, 3.05) is 19.6 Å². The molecule has 0 spiro atoms. The van der Waals surface area contributed by atoms with Gasteiger partial charge in [0.2, 0.25) is 0 Å². The van der Waals surface area contributed by atoms with E-state index in [0.717, 1.165) is 22.6 Å². The van der Waals surface area contributed by atoms with Gasteiger partial charge in [0, 0.05) is 5.02 Å². The third-order valence-electron chi connectivity index (χ3n) is 3.97. The largest absolute Gasteiger partial charge is 0.497 e. The summed E-state index contributed by atoms with van der Waals surface area (Å²) in [5.41, 5.74) is 5.68. The Bertz CT molecular complexity index is 943. The number of hydrogen-bond acceptors (Lipinski definition) is 5. The number of anilines is 1. The lowest BCUT2D eigenvalue weighted by Crippen LogP contribution is -1.99. The Kier molecular flexibility index (Phi) is 6.76. The lowest BCUT2D eigenvalue weighted by Gasteiger charge is -2.11. The molecule has 0 aromatic heterocycles. The van der Waals surface area contributed by atoms with Crippen LogP contribution in [0.4, 0.5) is 5.69 Å². The molecule has 3 aromatic rings. The molecule has 0 fully saturated rings. The molecule has 3 aromatic carbocycles. The second-order valence-electron chi connectivity index (χ2n) is 5.93. The molecule has 144 valence electrons. The molecule has 0 amide bonds. The van der Waals surface area contributed by atoms with E-state index >= 15 is 0 Å². The van der Waals surface area contributed by atoms with Crippen molar-refractivity contribution >= 4 is 23.5 Å². The topological polar surface area (TPSA) is 52.1 Å². The summed E-state index contributed by atoms with van der Waals surface area (Å²) in [6.07, 6.45) is 1.71. The predicted octanol–water partition coefficient (Wildman–Crippen LogP) is 5.38. The van der Waals surface area contributed by atoms with Crippen LogP contribution in [-0.4, -0.2) is 20.4 Å². The first kappa shape index (κ1) is 19.6. The summed E-state index contributed by atoms with van der Waals surface area (Å²) < 4.78 is 16.5. The minimum absolute atomic E-state index is 0.435. The highest BCUT2D eigenvalue weighted by molar-refractivity contribution is 6.30. The number of halogens is 1. The van der Waals surface area contributed by atoms with Crippen molar-refractivity contribution < 1.29 is 14.2 Å². The van der Waals surface area contributed by atoms with E-state index in [9.17, 15) is 0 Å². The minimum Gasteiger partial charge on any atom is -0.497 e. The Labute approximate surface area is 169 Å². The zero-order chi connectivity index (χ0) is 19.8. The van der Waals surface area contributed by atoms with Gasteiger partial charge in [-0.1, -0.05) is 29.8 Å². The van der Waals surface area contributed by atoms with Crippen LogP contribution in [0.15, 0.2) is 71.8 Å². The van der Waals surface area contributed by atoms with Crippen molar-refractivity contribution in [3.8, 4) is 17.2 Å². The van der Waals surface area contributed by atoms with E-state index in [-0.39, 0.29) is 0 Å². The molecule has 1 N–H and O–H groups in total. The molecule has 0 aliphatic carbocycles. The summed E-state index contributed by atoms with van der Waals surface area (Å²) in [6.45, 7) is 0.435. The Morgan fingerprint density at radius 2 is 1.75 bits per heavy atom. The SMILES string of the molecule is COc1ccc(COc2ccc(C=NNc3cccc(Cl)c3)cc2OC)cc1. The van der Waals surface area contributed by atoms with E-state index in [0.29, 0.717) is 23.1 Å². The van der Waals surface area contributed by atoms with Crippen LogP contribution in [0.2, 0.25) is 5.02 Å². The molecule has 0 heterocycles. The zero-order valence-electron chi connectivity index (χ0n) is 15.7. The minimum atomic E-state index is 0.435. The first-order chi connectivity index (χ1) is 13.7. The van der Waals surface area contributed by atoms with Gasteiger partial charge in [-0.25, -0.2) is 0 Å². The molecule has 0 atom stereocenters. The zero-order valence-corrected chi connectivity index (χ0v) is 16.4. The van der Waals surface area contributed by atoms with Crippen LogP contribution >= 0.6 is 11.6 Å². The lowest BCUT2D eigenvalue weighted by atomic mass is 10.2. The number of hydrazone groups is 1. The van der Waals surface area contributed by atoms with Crippen LogP contribution in [0.3, 0.4) is 0 Å². The molecule has 0 aliphatic rings. The molecule has 6 heteroatoms. The molecule has 5 nitrogen and oxygen atoms in total. The Morgan fingerprint density at radius 3 is 2.46 bits per heavy atom. The molecular weight excluding hydrogens is 376 g/mol. The number of nitrogens with one attached hydrogen (secondary N) is 1. The standard InChI is InChI=1S/C22H21ClN2O3/c1-26-20-9-6-16(7-10-20)15-28-21-11-8-17(12-22(21)27-2)14-24-25-19-5-3-4-18(23)13-19/h3-14,25H,15H2,1-2H3. The van der Waals surface area contributed by atoms with Gasteiger partial charge in [0.05, 0.1) is 26.1 Å². The normalized spacial score (nSPS) is 10.7. The maximum Gasteiger partial charge on any atom is 0.161 e. The highest BCUT2D eigenvalue weighted by atomic mass is 35.5. The number of benzene rings is 3. The summed E-state index contributed by atoms with van der Waals surface area (Å²) >= 11 is 5.96. The average Bonchev–Trinajstić information content (AvgIpc) is 2.73. The van der Waals surface area contributed by atoms with Crippen molar-refractivity contribution in [1.29, 1.82) is 0 Å². The summed E-state index contributed by atoms with van der Waals surface area (Å²) in [5, 5.41) is 4.88. The number of ether oxygens (including phenoxy) is 3. The van der Waals surface area contributed by atoms with Gasteiger partial charge in [0.1, 0.15) is 12.4 Å². The molecular formula is C22H21ClN2O3. The number of nitrogens with zero attached hydrogens (tertiary/aromatic N) is 1. The monoisotopic (exact) mass is 396 g/mol. The van der Waals surface area contributed by atoms with Gasteiger partial charge >= 0.3 is 0 Å². The fourth-order valence-corrected chi connectivity index (χ4v) is 2.70. The van der Waals surface area contributed by atoms with Gasteiger partial charge in [0.15, 0.2) is 11.5 Å². The van der Waals surface area contributed by atoms with E-state index in [2.05, 4.69) is 10.5 Å². The second kappa shape index (κ2) is 9.67. The maximum absolute atomic E-state index is 5.96. The van der Waals surface area contributed by atoms with Crippen molar-refractivity contribution in [2.45, 2.75) is 6.61 Å². The molecule has 0 saturated heterocycles. The summed E-state index contributed by atoms with van der Waals surface area (Å²) in [6, 6.07) is 20.7. The predicted molar refractivity (Wildman–Crippen MR) is 113 cm³/mol. The van der Waals surface area contributed by atoms with Crippen molar-refractivity contribution in [3.05, 3.63) is 82.9 Å². The van der Waals surface area contributed by atoms with Gasteiger partial charge in [-0.2, -0.15) is 5.10 Å². The first-order valence-electron chi connectivity index (χ1n) is 8.66. The lowest BCUT2D eigenvalue weighted by molar-refractivity contribution is 0.284. The van der Waals surface area contributed by atoms with Crippen LogP contribution in [0, 0.1) is 0 Å². The second-order valence-corrected chi connectivity index (χ2v) is 6.36. The van der Waals surface area contributed by atoms with Gasteiger partial charge in [0.25, 0.3) is 0 Å². The van der Waals surface area contributed by atoms with E-state index < -0.39 is 0 Å². The van der Waals surface area contributed by atoms with Crippen LogP contribution < -0.4 is 19.6 Å².